The predicted octanol–water partition coefficient (Wildman–Crippen LogP) is 1.61. The molecular formula is C20H18N6O3. The van der Waals surface area contributed by atoms with Crippen molar-refractivity contribution in [3.8, 4) is 11.3 Å². The molecule has 0 aromatic carbocycles. The number of likely N-dealkylation sites (N-methyl/N-ethyl adjacent to an activating group) is 1. The SMILES string of the molecule is CNC(=O)CNC(=O)c1cc(-c2cccnc2)nc2c1cnn2Cc1ccco1. The van der Waals surface area contributed by atoms with Gasteiger partial charge < -0.3 is 15.1 Å². The van der Waals surface area contributed by atoms with E-state index < -0.39 is 0 Å². The van der Waals surface area contributed by atoms with Crippen LogP contribution in [0.2, 0.25) is 0 Å². The number of pyridine rings is 2. The number of nitrogens with zero attached hydrogens (tertiary/aromatic N) is 4. The van der Waals surface area contributed by atoms with Crippen LogP contribution in [-0.4, -0.2) is 45.2 Å². The van der Waals surface area contributed by atoms with Crippen molar-refractivity contribution in [1.82, 2.24) is 30.4 Å². The standard InChI is InChI=1S/C20H18N6O3/c1-21-18(27)11-23-20(28)15-8-17(13-4-2-6-22-9-13)25-19-16(15)10-24-26(19)12-14-5-3-7-29-14/h2-10H,11-12H2,1H3,(H,21,27)(H,23,28). The summed E-state index contributed by atoms with van der Waals surface area (Å²) in [5.41, 5.74) is 2.26. The molecule has 29 heavy (non-hydrogen) atoms. The molecule has 0 saturated carbocycles. The van der Waals surface area contributed by atoms with E-state index in [2.05, 4.69) is 20.7 Å². The van der Waals surface area contributed by atoms with Crippen LogP contribution < -0.4 is 10.6 Å². The van der Waals surface area contributed by atoms with Crippen LogP contribution in [0.5, 0.6) is 0 Å². The highest BCUT2D eigenvalue weighted by Gasteiger charge is 2.18. The van der Waals surface area contributed by atoms with Gasteiger partial charge in [-0.15, -0.1) is 0 Å². The molecule has 0 saturated heterocycles. The molecule has 0 radical (unpaired) electrons. The van der Waals surface area contributed by atoms with E-state index in [0.717, 1.165) is 5.56 Å². The second-order valence-electron chi connectivity index (χ2n) is 6.27. The van der Waals surface area contributed by atoms with Crippen molar-refractivity contribution in [1.29, 1.82) is 0 Å². The van der Waals surface area contributed by atoms with Crippen molar-refractivity contribution in [3.05, 3.63) is 66.5 Å². The van der Waals surface area contributed by atoms with Crippen molar-refractivity contribution >= 4 is 22.8 Å². The Morgan fingerprint density at radius 1 is 1.21 bits per heavy atom. The van der Waals surface area contributed by atoms with Crippen LogP contribution in [0, 0.1) is 0 Å². The molecule has 9 heteroatoms. The number of carbonyl (C=O) groups is 2. The van der Waals surface area contributed by atoms with E-state index in [-0.39, 0.29) is 18.4 Å². The van der Waals surface area contributed by atoms with Gasteiger partial charge in [0, 0.05) is 25.0 Å². The van der Waals surface area contributed by atoms with Crippen molar-refractivity contribution in [2.24, 2.45) is 0 Å². The fraction of sp³-hybridized carbons (Fsp3) is 0.150. The molecule has 2 amide bonds. The van der Waals surface area contributed by atoms with Crippen LogP contribution in [0.3, 0.4) is 0 Å². The fourth-order valence-corrected chi connectivity index (χ4v) is 2.91. The van der Waals surface area contributed by atoms with Gasteiger partial charge in [0.25, 0.3) is 5.91 Å². The maximum Gasteiger partial charge on any atom is 0.252 e. The molecule has 4 aromatic heterocycles. The second-order valence-corrected chi connectivity index (χ2v) is 6.27. The summed E-state index contributed by atoms with van der Waals surface area (Å²) in [6.45, 7) is 0.251. The third-order valence-corrected chi connectivity index (χ3v) is 4.39. The molecule has 4 rings (SSSR count). The van der Waals surface area contributed by atoms with E-state index >= 15 is 0 Å². The van der Waals surface area contributed by atoms with Gasteiger partial charge in [-0.2, -0.15) is 5.10 Å². The maximum atomic E-state index is 12.8. The van der Waals surface area contributed by atoms with Gasteiger partial charge in [-0.25, -0.2) is 9.67 Å². The molecule has 0 atom stereocenters. The summed E-state index contributed by atoms with van der Waals surface area (Å²) < 4.78 is 7.07. The van der Waals surface area contributed by atoms with Crippen molar-refractivity contribution in [3.63, 3.8) is 0 Å². The van der Waals surface area contributed by atoms with Gasteiger partial charge in [-0.1, -0.05) is 0 Å². The molecule has 9 nitrogen and oxygen atoms in total. The number of carbonyl (C=O) groups excluding carboxylic acids is 2. The number of fused-ring (bicyclic) bond motifs is 1. The lowest BCUT2D eigenvalue weighted by Gasteiger charge is -2.09. The normalized spacial score (nSPS) is 10.8. The van der Waals surface area contributed by atoms with Crippen LogP contribution in [0.15, 0.2) is 59.6 Å². The lowest BCUT2D eigenvalue weighted by molar-refractivity contribution is -0.119. The van der Waals surface area contributed by atoms with Crippen molar-refractivity contribution in [2.75, 3.05) is 13.6 Å². The molecule has 2 N–H and O–H groups in total. The van der Waals surface area contributed by atoms with Crippen molar-refractivity contribution in [2.45, 2.75) is 6.54 Å². The molecule has 0 fully saturated rings. The first-order valence-corrected chi connectivity index (χ1v) is 8.94. The number of nitrogens with one attached hydrogen (secondary N) is 2. The Morgan fingerprint density at radius 3 is 2.83 bits per heavy atom. The van der Waals surface area contributed by atoms with E-state index in [1.165, 1.54) is 7.05 Å². The highest BCUT2D eigenvalue weighted by Crippen LogP contribution is 2.25. The predicted molar refractivity (Wildman–Crippen MR) is 105 cm³/mol. The molecule has 0 bridgehead atoms. The Balaban J connectivity index is 1.79. The minimum absolute atomic E-state index is 0.123. The highest BCUT2D eigenvalue weighted by atomic mass is 16.3. The van der Waals surface area contributed by atoms with Gasteiger partial charge >= 0.3 is 0 Å². The van der Waals surface area contributed by atoms with Gasteiger partial charge in [0.2, 0.25) is 5.91 Å². The first-order valence-electron chi connectivity index (χ1n) is 8.94. The summed E-state index contributed by atoms with van der Waals surface area (Å²) >= 11 is 0. The molecular weight excluding hydrogens is 372 g/mol. The summed E-state index contributed by atoms with van der Waals surface area (Å²) in [7, 11) is 1.51. The quantitative estimate of drug-likeness (QED) is 0.517. The molecule has 4 aromatic rings. The van der Waals surface area contributed by atoms with E-state index in [9.17, 15) is 9.59 Å². The first kappa shape index (κ1) is 18.4. The van der Waals surface area contributed by atoms with Crippen LogP contribution in [0.1, 0.15) is 16.1 Å². The minimum atomic E-state index is -0.385. The second kappa shape index (κ2) is 7.93. The number of rotatable bonds is 6. The Morgan fingerprint density at radius 2 is 2.10 bits per heavy atom. The average Bonchev–Trinajstić information content (AvgIpc) is 3.42. The molecule has 0 unspecified atom stereocenters. The highest BCUT2D eigenvalue weighted by molar-refractivity contribution is 6.07. The molecule has 0 aliphatic carbocycles. The largest absolute Gasteiger partial charge is 0.467 e. The summed E-state index contributed by atoms with van der Waals surface area (Å²) in [6, 6.07) is 8.98. The number of furan rings is 1. The Hall–Kier alpha value is -4.01. The van der Waals surface area contributed by atoms with E-state index in [4.69, 9.17) is 9.40 Å². The summed E-state index contributed by atoms with van der Waals surface area (Å²) in [4.78, 5) is 33.1. The summed E-state index contributed by atoms with van der Waals surface area (Å²) in [5, 5.41) is 10.1. The number of aromatic nitrogens is 4. The summed E-state index contributed by atoms with van der Waals surface area (Å²) in [6.07, 6.45) is 6.52. The number of hydrogen-bond acceptors (Lipinski definition) is 6. The van der Waals surface area contributed by atoms with Crippen molar-refractivity contribution < 1.29 is 14.0 Å². The zero-order valence-corrected chi connectivity index (χ0v) is 15.6. The van der Waals surface area contributed by atoms with Crippen LogP contribution in [0.25, 0.3) is 22.3 Å². The Kier molecular flexibility index (Phi) is 5.02. The molecule has 4 heterocycles. The molecule has 0 aliphatic heterocycles. The molecule has 146 valence electrons. The fourth-order valence-electron chi connectivity index (χ4n) is 2.91. The third-order valence-electron chi connectivity index (χ3n) is 4.39. The van der Waals surface area contributed by atoms with Crippen LogP contribution in [0.4, 0.5) is 0 Å². The van der Waals surface area contributed by atoms with E-state index in [1.54, 1.807) is 47.7 Å². The zero-order chi connectivity index (χ0) is 20.2. The number of amides is 2. The average molecular weight is 390 g/mol. The van der Waals surface area contributed by atoms with Crippen LogP contribution in [-0.2, 0) is 11.3 Å². The van der Waals surface area contributed by atoms with Gasteiger partial charge in [0.15, 0.2) is 5.65 Å². The van der Waals surface area contributed by atoms with Gasteiger partial charge in [-0.05, 0) is 30.3 Å². The van der Waals surface area contributed by atoms with Crippen LogP contribution >= 0.6 is 0 Å². The third kappa shape index (κ3) is 3.84. The van der Waals surface area contributed by atoms with E-state index in [0.29, 0.717) is 34.6 Å². The topological polar surface area (TPSA) is 115 Å². The van der Waals surface area contributed by atoms with E-state index in [1.807, 2.05) is 12.1 Å². The summed E-state index contributed by atoms with van der Waals surface area (Å²) in [5.74, 6) is 0.0440. The first-order chi connectivity index (χ1) is 14.2. The lowest BCUT2D eigenvalue weighted by Crippen LogP contribution is -2.35. The van der Waals surface area contributed by atoms with Gasteiger partial charge in [-0.3, -0.25) is 14.6 Å². The lowest BCUT2D eigenvalue weighted by atomic mass is 10.1. The minimum Gasteiger partial charge on any atom is -0.467 e. The van der Waals surface area contributed by atoms with Gasteiger partial charge in [0.1, 0.15) is 12.3 Å². The smallest absolute Gasteiger partial charge is 0.252 e. The molecule has 0 spiro atoms. The Bertz CT molecular complexity index is 1150. The van der Waals surface area contributed by atoms with Gasteiger partial charge in [0.05, 0.1) is 35.6 Å². The number of hydrogen-bond donors (Lipinski definition) is 2. The molecule has 0 aliphatic rings. The zero-order valence-electron chi connectivity index (χ0n) is 15.6. The monoisotopic (exact) mass is 390 g/mol. The Labute approximate surface area is 165 Å². The maximum absolute atomic E-state index is 12.8.